The van der Waals surface area contributed by atoms with Gasteiger partial charge in [-0.1, -0.05) is 60.5 Å². The van der Waals surface area contributed by atoms with Crippen LogP contribution in [0.15, 0.2) is 71.7 Å². The molecule has 7 nitrogen and oxygen atoms in total. The second-order valence-electron chi connectivity index (χ2n) is 7.79. The van der Waals surface area contributed by atoms with E-state index in [4.69, 9.17) is 27.9 Å². The first-order valence-electron chi connectivity index (χ1n) is 10.8. The molecule has 2 aromatic heterocycles. The molecule has 0 aliphatic rings. The van der Waals surface area contributed by atoms with Crippen LogP contribution in [-0.4, -0.2) is 27.5 Å². The largest absolute Gasteiger partial charge is 0.448 e. The fraction of sp³-hybridized carbons (Fsp3) is 0.154. The lowest BCUT2D eigenvalue weighted by molar-refractivity contribution is -0.124. The van der Waals surface area contributed by atoms with Crippen molar-refractivity contribution in [1.82, 2.24) is 9.55 Å². The molecule has 4 rings (SSSR count). The van der Waals surface area contributed by atoms with Gasteiger partial charge in [0.15, 0.2) is 6.10 Å². The SMILES string of the molecule is CCC(OC(=O)c1c(-c2ccc(Cl)cc2)c2ccccc2c(=O)n1C)C(=O)Nc1ccc(Cl)cn1. The Morgan fingerprint density at radius 2 is 1.66 bits per heavy atom. The molecule has 9 heteroatoms. The number of fused-ring (bicyclic) bond motifs is 1. The van der Waals surface area contributed by atoms with Gasteiger partial charge in [-0.25, -0.2) is 9.78 Å². The van der Waals surface area contributed by atoms with E-state index in [1.165, 1.54) is 17.8 Å². The maximum absolute atomic E-state index is 13.5. The molecule has 0 spiro atoms. The van der Waals surface area contributed by atoms with Crippen molar-refractivity contribution in [3.05, 3.63) is 93.0 Å². The third-order valence-electron chi connectivity index (χ3n) is 5.52. The Morgan fingerprint density at radius 1 is 1.00 bits per heavy atom. The van der Waals surface area contributed by atoms with E-state index in [0.29, 0.717) is 31.9 Å². The monoisotopic (exact) mass is 509 g/mol. The average molecular weight is 510 g/mol. The van der Waals surface area contributed by atoms with Crippen LogP contribution in [0.2, 0.25) is 10.0 Å². The quantitative estimate of drug-likeness (QED) is 0.347. The van der Waals surface area contributed by atoms with E-state index >= 15 is 0 Å². The summed E-state index contributed by atoms with van der Waals surface area (Å²) in [6, 6.07) is 17.1. The Balaban J connectivity index is 1.75. The van der Waals surface area contributed by atoms with Gasteiger partial charge in [0.1, 0.15) is 11.5 Å². The summed E-state index contributed by atoms with van der Waals surface area (Å²) in [5, 5.41) is 4.62. The van der Waals surface area contributed by atoms with Crippen molar-refractivity contribution in [1.29, 1.82) is 0 Å². The molecular formula is C26H21Cl2N3O4. The minimum atomic E-state index is -1.11. The number of carbonyl (C=O) groups is 2. The Kier molecular flexibility index (Phi) is 7.19. The molecule has 0 aliphatic carbocycles. The highest BCUT2D eigenvalue weighted by Crippen LogP contribution is 2.32. The number of hydrogen-bond acceptors (Lipinski definition) is 5. The van der Waals surface area contributed by atoms with Gasteiger partial charge >= 0.3 is 5.97 Å². The lowest BCUT2D eigenvalue weighted by Gasteiger charge is -2.20. The summed E-state index contributed by atoms with van der Waals surface area (Å²) in [5.41, 5.74) is 0.870. The molecule has 178 valence electrons. The molecule has 0 bridgehead atoms. The van der Waals surface area contributed by atoms with Crippen molar-refractivity contribution < 1.29 is 14.3 Å². The highest BCUT2D eigenvalue weighted by molar-refractivity contribution is 6.30. The number of ether oxygens (including phenoxy) is 1. The van der Waals surface area contributed by atoms with Crippen LogP contribution >= 0.6 is 23.2 Å². The van der Waals surface area contributed by atoms with Crippen LogP contribution in [0.5, 0.6) is 0 Å². The standard InChI is InChI=1S/C26H21Cl2N3O4/c1-3-20(24(32)30-21-13-12-17(28)14-29-21)35-26(34)23-22(15-8-10-16(27)11-9-15)18-6-4-5-7-19(18)25(33)31(23)2/h4-14,20H,3H2,1-2H3,(H,29,30,32). The smallest absolute Gasteiger partial charge is 0.356 e. The van der Waals surface area contributed by atoms with E-state index in [-0.39, 0.29) is 23.5 Å². The van der Waals surface area contributed by atoms with Crippen LogP contribution in [-0.2, 0) is 16.6 Å². The Labute approximate surface area is 211 Å². The predicted molar refractivity (Wildman–Crippen MR) is 137 cm³/mol. The van der Waals surface area contributed by atoms with E-state index in [9.17, 15) is 14.4 Å². The number of esters is 1. The highest BCUT2D eigenvalue weighted by Gasteiger charge is 2.28. The first-order valence-corrected chi connectivity index (χ1v) is 11.6. The minimum Gasteiger partial charge on any atom is -0.448 e. The van der Waals surface area contributed by atoms with Crippen molar-refractivity contribution in [3.8, 4) is 11.1 Å². The molecular weight excluding hydrogens is 489 g/mol. The van der Waals surface area contributed by atoms with E-state index in [0.717, 1.165) is 0 Å². The van der Waals surface area contributed by atoms with Crippen molar-refractivity contribution in [3.63, 3.8) is 0 Å². The van der Waals surface area contributed by atoms with Gasteiger partial charge < -0.3 is 14.6 Å². The third kappa shape index (κ3) is 5.06. The number of carbonyl (C=O) groups excluding carboxylic acids is 2. The third-order valence-corrected chi connectivity index (χ3v) is 6.00. The van der Waals surface area contributed by atoms with Gasteiger partial charge in [0.2, 0.25) is 0 Å². The van der Waals surface area contributed by atoms with Gasteiger partial charge in [0.25, 0.3) is 11.5 Å². The van der Waals surface area contributed by atoms with Crippen LogP contribution in [0, 0.1) is 0 Å². The molecule has 2 heterocycles. The van der Waals surface area contributed by atoms with Gasteiger partial charge in [-0.2, -0.15) is 0 Å². The molecule has 0 fully saturated rings. The van der Waals surface area contributed by atoms with Gasteiger partial charge in [-0.05, 0) is 47.7 Å². The number of hydrogen-bond donors (Lipinski definition) is 1. The highest BCUT2D eigenvalue weighted by atomic mass is 35.5. The van der Waals surface area contributed by atoms with Crippen LogP contribution in [0.1, 0.15) is 23.8 Å². The number of aromatic nitrogens is 2. The molecule has 1 unspecified atom stereocenters. The van der Waals surface area contributed by atoms with E-state index in [2.05, 4.69) is 10.3 Å². The fourth-order valence-electron chi connectivity index (χ4n) is 3.78. The number of anilines is 1. The van der Waals surface area contributed by atoms with E-state index in [1.54, 1.807) is 67.6 Å². The second-order valence-corrected chi connectivity index (χ2v) is 8.67. The van der Waals surface area contributed by atoms with Crippen LogP contribution in [0.25, 0.3) is 21.9 Å². The molecule has 1 atom stereocenters. The molecule has 0 radical (unpaired) electrons. The molecule has 35 heavy (non-hydrogen) atoms. The van der Waals surface area contributed by atoms with Gasteiger partial charge in [-0.15, -0.1) is 0 Å². The van der Waals surface area contributed by atoms with Gasteiger partial charge in [0.05, 0.1) is 5.02 Å². The summed E-state index contributed by atoms with van der Waals surface area (Å²) >= 11 is 11.9. The van der Waals surface area contributed by atoms with Crippen LogP contribution in [0.3, 0.4) is 0 Å². The van der Waals surface area contributed by atoms with Crippen LogP contribution < -0.4 is 10.9 Å². The number of benzene rings is 2. The summed E-state index contributed by atoms with van der Waals surface area (Å²) in [7, 11) is 1.50. The lowest BCUT2D eigenvalue weighted by Crippen LogP contribution is -2.34. The molecule has 4 aromatic rings. The molecule has 0 aliphatic heterocycles. The number of nitrogens with zero attached hydrogens (tertiary/aromatic N) is 2. The summed E-state index contributed by atoms with van der Waals surface area (Å²) in [4.78, 5) is 43.4. The number of halogens is 2. The zero-order chi connectivity index (χ0) is 25.1. The summed E-state index contributed by atoms with van der Waals surface area (Å²) in [5.74, 6) is -1.07. The second kappa shape index (κ2) is 10.3. The number of pyridine rings is 2. The van der Waals surface area contributed by atoms with Crippen molar-refractivity contribution >= 4 is 51.7 Å². The number of nitrogens with one attached hydrogen (secondary N) is 1. The summed E-state index contributed by atoms with van der Waals surface area (Å²) in [6.45, 7) is 1.71. The number of amides is 1. The number of rotatable bonds is 6. The van der Waals surface area contributed by atoms with E-state index in [1.807, 2.05) is 0 Å². The Morgan fingerprint density at radius 3 is 2.29 bits per heavy atom. The molecule has 1 N–H and O–H groups in total. The topological polar surface area (TPSA) is 90.3 Å². The van der Waals surface area contributed by atoms with Gasteiger partial charge in [0, 0.05) is 29.2 Å². The molecule has 0 saturated carbocycles. The lowest BCUT2D eigenvalue weighted by atomic mass is 9.96. The Hall–Kier alpha value is -3.68. The molecule has 1 amide bonds. The Bertz CT molecular complexity index is 1470. The zero-order valence-electron chi connectivity index (χ0n) is 18.9. The summed E-state index contributed by atoms with van der Waals surface area (Å²) in [6.07, 6.45) is 0.496. The molecule has 0 saturated heterocycles. The van der Waals surface area contributed by atoms with Crippen LogP contribution in [0.4, 0.5) is 5.82 Å². The normalized spacial score (nSPS) is 11.8. The van der Waals surface area contributed by atoms with Gasteiger partial charge in [-0.3, -0.25) is 9.59 Å². The first kappa shape index (κ1) is 24.4. The van der Waals surface area contributed by atoms with Crippen molar-refractivity contribution in [2.24, 2.45) is 7.05 Å². The maximum atomic E-state index is 13.5. The van der Waals surface area contributed by atoms with Crippen molar-refractivity contribution in [2.45, 2.75) is 19.4 Å². The average Bonchev–Trinajstić information content (AvgIpc) is 2.86. The molecule has 2 aromatic carbocycles. The summed E-state index contributed by atoms with van der Waals surface area (Å²) < 4.78 is 6.87. The predicted octanol–water partition coefficient (Wildman–Crippen LogP) is 5.48. The van der Waals surface area contributed by atoms with Crippen molar-refractivity contribution in [2.75, 3.05) is 5.32 Å². The zero-order valence-corrected chi connectivity index (χ0v) is 20.4. The minimum absolute atomic E-state index is 0.0342. The van der Waals surface area contributed by atoms with E-state index < -0.39 is 18.0 Å². The first-order chi connectivity index (χ1) is 16.8. The fourth-order valence-corrected chi connectivity index (χ4v) is 4.01. The maximum Gasteiger partial charge on any atom is 0.356 e.